The van der Waals surface area contributed by atoms with Crippen molar-refractivity contribution in [1.82, 2.24) is 15.2 Å². The highest BCUT2D eigenvalue weighted by Crippen LogP contribution is 2.19. The van der Waals surface area contributed by atoms with Gasteiger partial charge in [-0.15, -0.1) is 5.10 Å². The number of aliphatic hydroxyl groups is 1. The third-order valence-corrected chi connectivity index (χ3v) is 5.55. The van der Waals surface area contributed by atoms with Crippen LogP contribution in [0.4, 0.5) is 10.7 Å². The molecule has 2 aromatic rings. The minimum atomic E-state index is -1.03. The van der Waals surface area contributed by atoms with E-state index in [4.69, 9.17) is 9.15 Å². The summed E-state index contributed by atoms with van der Waals surface area (Å²) in [7, 11) is 2.85. The van der Waals surface area contributed by atoms with Crippen molar-refractivity contribution in [1.29, 1.82) is 0 Å². The molecule has 0 aliphatic carbocycles. The first kappa shape index (κ1) is 24.5. The number of imide groups is 1. The maximum atomic E-state index is 13.0. The number of urea groups is 1. The maximum Gasteiger partial charge on any atom is 0.433 e. The minimum Gasteiger partial charge on any atom is -0.491 e. The third-order valence-electron chi connectivity index (χ3n) is 5.55. The number of hydrazone groups is 1. The fourth-order valence-corrected chi connectivity index (χ4v) is 3.65. The van der Waals surface area contributed by atoms with Gasteiger partial charge in [0, 0.05) is 14.1 Å². The van der Waals surface area contributed by atoms with Crippen molar-refractivity contribution in [2.45, 2.75) is 19.1 Å². The first-order valence-electron chi connectivity index (χ1n) is 10.8. The molecule has 0 spiro atoms. The van der Waals surface area contributed by atoms with Crippen molar-refractivity contribution in [2.24, 2.45) is 10.1 Å². The van der Waals surface area contributed by atoms with E-state index in [2.05, 4.69) is 15.5 Å². The number of carbonyl (C=O) groups excluding carboxylic acids is 2. The number of guanidine groups is 1. The van der Waals surface area contributed by atoms with Crippen molar-refractivity contribution < 1.29 is 33.3 Å². The number of aliphatic imine (C=N–C) groups is 1. The molecule has 2 aliphatic heterocycles. The number of likely N-dealkylation sites (N-methyl/N-ethyl adjacent to an activating group) is 2. The lowest BCUT2D eigenvalue weighted by molar-refractivity contribution is -0.545. The van der Waals surface area contributed by atoms with Crippen LogP contribution in [0.25, 0.3) is 0 Å². The zero-order valence-electron chi connectivity index (χ0n) is 19.7. The minimum absolute atomic E-state index is 0.0625. The van der Waals surface area contributed by atoms with E-state index in [0.29, 0.717) is 5.75 Å². The molecule has 36 heavy (non-hydrogen) atoms. The molecule has 2 unspecified atom stereocenters. The number of furan rings is 1. The zero-order valence-corrected chi connectivity index (χ0v) is 19.7. The van der Waals surface area contributed by atoms with Gasteiger partial charge < -0.3 is 14.3 Å². The molecule has 1 fully saturated rings. The fraction of sp³-hybridized carbons (Fsp3) is 0.318. The van der Waals surface area contributed by atoms with Crippen molar-refractivity contribution in [3.05, 3.63) is 57.8 Å². The molecule has 0 saturated carbocycles. The summed E-state index contributed by atoms with van der Waals surface area (Å²) in [6.07, 6.45) is 0.162. The number of β-amino-alcohol motifs (C(OH)–C–C–N with tert-alkyl or cyclic N) is 1. The fourth-order valence-electron chi connectivity index (χ4n) is 3.65. The van der Waals surface area contributed by atoms with Crippen LogP contribution in [0.3, 0.4) is 0 Å². The van der Waals surface area contributed by atoms with Crippen LogP contribution < -0.4 is 10.2 Å². The SMILES string of the molecule is Cc1ccc(OCC(O)C[N+]2=C(N/N=C/c3ccc([N+](=O)[O-])o3)N=C3C2C(=O)N(C)C(=O)N3C)cc1. The van der Waals surface area contributed by atoms with Gasteiger partial charge in [-0.1, -0.05) is 22.7 Å². The number of hydrogen-bond donors (Lipinski definition) is 2. The van der Waals surface area contributed by atoms with Crippen LogP contribution in [0, 0.1) is 17.0 Å². The maximum absolute atomic E-state index is 13.0. The molecule has 1 aromatic carbocycles. The smallest absolute Gasteiger partial charge is 0.433 e. The number of carbonyl (C=O) groups is 2. The van der Waals surface area contributed by atoms with E-state index < -0.39 is 34.9 Å². The number of fused-ring (bicyclic) bond motifs is 1. The average molecular weight is 498 g/mol. The zero-order chi connectivity index (χ0) is 26.0. The van der Waals surface area contributed by atoms with Crippen LogP contribution in [0.5, 0.6) is 5.75 Å². The average Bonchev–Trinajstić information content (AvgIpc) is 3.47. The van der Waals surface area contributed by atoms with Crippen molar-refractivity contribution in [3.63, 3.8) is 0 Å². The van der Waals surface area contributed by atoms with Gasteiger partial charge in [-0.3, -0.25) is 24.7 Å². The van der Waals surface area contributed by atoms with Gasteiger partial charge in [-0.05, 0) is 25.1 Å². The number of benzene rings is 1. The van der Waals surface area contributed by atoms with E-state index in [0.717, 1.165) is 10.5 Å². The van der Waals surface area contributed by atoms with Gasteiger partial charge in [-0.2, -0.15) is 5.43 Å². The first-order valence-corrected chi connectivity index (χ1v) is 10.8. The molecular formula is C22H24N7O7+. The van der Waals surface area contributed by atoms with Gasteiger partial charge in [-0.25, -0.2) is 9.37 Å². The van der Waals surface area contributed by atoms with E-state index in [1.807, 2.05) is 19.1 Å². The number of amides is 3. The lowest BCUT2D eigenvalue weighted by Gasteiger charge is -2.32. The quantitative estimate of drug-likeness (QED) is 0.230. The van der Waals surface area contributed by atoms with Crippen molar-refractivity contribution in [3.8, 4) is 5.75 Å². The number of nitrogens with one attached hydrogen (secondary N) is 1. The second kappa shape index (κ2) is 9.95. The number of rotatable bonds is 8. The normalized spacial score (nSPS) is 18.6. The van der Waals surface area contributed by atoms with Gasteiger partial charge in [0.25, 0.3) is 5.91 Å². The molecule has 2 N–H and O–H groups in total. The van der Waals surface area contributed by atoms with Crippen molar-refractivity contribution >= 4 is 35.8 Å². The number of aryl methyl sites for hydroxylation is 1. The summed E-state index contributed by atoms with van der Waals surface area (Å²) >= 11 is 0. The molecule has 3 heterocycles. The van der Waals surface area contributed by atoms with E-state index in [1.54, 1.807) is 12.1 Å². The first-order chi connectivity index (χ1) is 17.2. The molecule has 0 radical (unpaired) electrons. The third kappa shape index (κ3) is 4.93. The molecular weight excluding hydrogens is 474 g/mol. The number of hydrogen-bond acceptors (Lipinski definition) is 10. The molecule has 1 saturated heterocycles. The Bertz CT molecular complexity index is 1280. The van der Waals surface area contributed by atoms with Crippen molar-refractivity contribution in [2.75, 3.05) is 27.2 Å². The Morgan fingerprint density at radius 1 is 1.28 bits per heavy atom. The molecule has 4 rings (SSSR count). The monoisotopic (exact) mass is 498 g/mol. The highest BCUT2D eigenvalue weighted by molar-refractivity contribution is 6.22. The molecule has 2 atom stereocenters. The highest BCUT2D eigenvalue weighted by Gasteiger charge is 2.51. The second-order valence-corrected chi connectivity index (χ2v) is 8.17. The van der Waals surface area contributed by atoms with Crippen LogP contribution in [0.2, 0.25) is 0 Å². The second-order valence-electron chi connectivity index (χ2n) is 8.17. The largest absolute Gasteiger partial charge is 0.491 e. The number of aliphatic hydroxyl groups excluding tert-OH is 1. The Morgan fingerprint density at radius 2 is 2.00 bits per heavy atom. The number of nitro groups is 1. The lowest BCUT2D eigenvalue weighted by Crippen LogP contribution is -2.62. The Balaban J connectivity index is 1.54. The molecule has 188 valence electrons. The molecule has 0 bridgehead atoms. The van der Waals surface area contributed by atoms with Gasteiger partial charge >= 0.3 is 17.9 Å². The standard InChI is InChI=1S/C22H23N7O7/c1-13-4-6-15(7-5-13)35-12-14(30)11-28-18-19(26(2)22(32)27(3)20(18)31)24-21(28)25-23-10-16-8-9-17(36-16)29(33)34/h4-10,14,18,30H,11-12H2,1-3H3/p+1/b23-10+. The summed E-state index contributed by atoms with van der Waals surface area (Å²) in [5.41, 5.74) is 3.73. The molecule has 14 nitrogen and oxygen atoms in total. The Kier molecular flexibility index (Phi) is 6.78. The van der Waals surface area contributed by atoms with E-state index in [-0.39, 0.29) is 30.7 Å². The number of nitrogens with zero attached hydrogens (tertiary/aromatic N) is 6. The van der Waals surface area contributed by atoms with Crippen LogP contribution in [0.15, 0.2) is 50.9 Å². The molecule has 14 heteroatoms. The van der Waals surface area contributed by atoms with E-state index in [1.165, 1.54) is 41.9 Å². The summed E-state index contributed by atoms with van der Waals surface area (Å²) in [6.45, 7) is 1.81. The highest BCUT2D eigenvalue weighted by atomic mass is 16.6. The Morgan fingerprint density at radius 3 is 2.67 bits per heavy atom. The van der Waals surface area contributed by atoms with Gasteiger partial charge in [0.1, 0.15) is 29.6 Å². The Labute approximate surface area is 204 Å². The predicted molar refractivity (Wildman–Crippen MR) is 126 cm³/mol. The Hall–Kier alpha value is -4.59. The number of amidine groups is 1. The summed E-state index contributed by atoms with van der Waals surface area (Å²) < 4.78 is 12.1. The van der Waals surface area contributed by atoms with Crippen LogP contribution in [-0.2, 0) is 4.79 Å². The van der Waals surface area contributed by atoms with Crippen LogP contribution >= 0.6 is 0 Å². The van der Waals surface area contributed by atoms with Gasteiger partial charge in [0.05, 0.1) is 12.6 Å². The topological polar surface area (TPSA) is 166 Å². The molecule has 3 amide bonds. The van der Waals surface area contributed by atoms with Crippen LogP contribution in [0.1, 0.15) is 11.3 Å². The summed E-state index contributed by atoms with van der Waals surface area (Å²) in [4.78, 5) is 42.0. The summed E-state index contributed by atoms with van der Waals surface area (Å²) in [6, 6.07) is 8.35. The van der Waals surface area contributed by atoms with Gasteiger partial charge in [0.2, 0.25) is 11.9 Å². The molecule has 1 aromatic heterocycles. The lowest BCUT2D eigenvalue weighted by atomic mass is 10.1. The summed E-state index contributed by atoms with van der Waals surface area (Å²) in [5, 5.41) is 25.4. The van der Waals surface area contributed by atoms with E-state index >= 15 is 0 Å². The van der Waals surface area contributed by atoms with Gasteiger partial charge in [0.15, 0.2) is 5.76 Å². The predicted octanol–water partition coefficient (Wildman–Crippen LogP) is 0.533. The van der Waals surface area contributed by atoms with E-state index in [9.17, 15) is 24.8 Å². The number of ether oxygens (including phenoxy) is 1. The summed E-state index contributed by atoms with van der Waals surface area (Å²) in [5.74, 6) is -0.0179. The van der Waals surface area contributed by atoms with Crippen LogP contribution in [-0.4, -0.2) is 93.7 Å². The molecule has 2 aliphatic rings.